The number of carbonyl (C=O) groups excluding carboxylic acids is 2. The van der Waals surface area contributed by atoms with Crippen molar-refractivity contribution in [3.05, 3.63) is 64.7 Å². The van der Waals surface area contributed by atoms with E-state index in [1.54, 1.807) is 20.8 Å². The number of hydrogen-bond donors (Lipinski definition) is 0. The van der Waals surface area contributed by atoms with Crippen molar-refractivity contribution in [3.63, 3.8) is 0 Å². The molecule has 2 bridgehead atoms. The highest BCUT2D eigenvalue weighted by Crippen LogP contribution is 2.66. The second-order valence-electron chi connectivity index (χ2n) is 17.4. The second kappa shape index (κ2) is 13.9. The fourth-order valence-corrected chi connectivity index (χ4v) is 8.00. The number of rotatable bonds is 12. The molecule has 0 amide bonds. The van der Waals surface area contributed by atoms with E-state index in [1.165, 1.54) is 0 Å². The van der Waals surface area contributed by atoms with Gasteiger partial charge in [-0.25, -0.2) is 9.59 Å². The molecule has 1 aliphatic heterocycles. The van der Waals surface area contributed by atoms with Gasteiger partial charge in [0.05, 0.1) is 37.6 Å². The lowest BCUT2D eigenvalue weighted by Gasteiger charge is -2.64. The monoisotopic (exact) mass is 690 g/mol. The van der Waals surface area contributed by atoms with Crippen molar-refractivity contribution in [2.24, 2.45) is 17.3 Å². The summed E-state index contributed by atoms with van der Waals surface area (Å²) >= 11 is 0. The number of benzene rings is 2. The van der Waals surface area contributed by atoms with E-state index in [9.17, 15) is 9.59 Å². The standard InChI is InChI=1S/C40H55BO9/c1-37(2,3)47-35(42)33-26(24-45-29-16-17-29)15-18-30(34(33)46-36(43)48-38(4,5)6)27(23-44-22-25-13-11-10-12-14-25)21-41-49-32-20-28-19-31(39(28,7)8)40(32,9)50-41/h10-15,18,27-29,31-32H,16-17,19-24H2,1-9H3/t27?,28-,31-,32?,40+/m1/s1. The average molecular weight is 691 g/mol. The Labute approximate surface area is 298 Å². The van der Waals surface area contributed by atoms with Gasteiger partial charge in [-0.2, -0.15) is 0 Å². The number of esters is 1. The highest BCUT2D eigenvalue weighted by Gasteiger charge is 2.67. The summed E-state index contributed by atoms with van der Waals surface area (Å²) in [5.74, 6) is 0.127. The molecule has 4 aliphatic carbocycles. The first-order chi connectivity index (χ1) is 23.4. The molecule has 0 spiro atoms. The van der Waals surface area contributed by atoms with Crippen LogP contribution in [0.3, 0.4) is 0 Å². The zero-order chi connectivity index (χ0) is 36.1. The molecule has 5 atom stereocenters. The summed E-state index contributed by atoms with van der Waals surface area (Å²) in [4.78, 5) is 27.5. The zero-order valence-corrected chi connectivity index (χ0v) is 31.3. The van der Waals surface area contributed by atoms with Crippen LogP contribution < -0.4 is 4.74 Å². The van der Waals surface area contributed by atoms with Crippen LogP contribution in [0.4, 0.5) is 4.79 Å². The molecular weight excluding hydrogens is 635 g/mol. The topological polar surface area (TPSA) is 98.8 Å². The first-order valence-corrected chi connectivity index (χ1v) is 18.3. The molecule has 5 aliphatic rings. The van der Waals surface area contributed by atoms with Crippen LogP contribution in [0.1, 0.15) is 121 Å². The van der Waals surface area contributed by atoms with Crippen molar-refractivity contribution < 1.29 is 42.6 Å². The van der Waals surface area contributed by atoms with Gasteiger partial charge in [-0.05, 0) is 109 Å². The Bertz CT molecular complexity index is 1540. The van der Waals surface area contributed by atoms with Crippen LogP contribution in [-0.4, -0.2) is 54.9 Å². The lowest BCUT2D eigenvalue weighted by atomic mass is 9.43. The molecule has 7 rings (SSSR count). The van der Waals surface area contributed by atoms with Gasteiger partial charge in [0.2, 0.25) is 0 Å². The summed E-state index contributed by atoms with van der Waals surface area (Å²) < 4.78 is 43.6. The minimum atomic E-state index is -0.915. The van der Waals surface area contributed by atoms with Gasteiger partial charge in [0.15, 0.2) is 5.75 Å². The normalized spacial score (nSPS) is 26.1. The van der Waals surface area contributed by atoms with E-state index in [2.05, 4.69) is 20.8 Å². The molecule has 1 saturated heterocycles. The number of ether oxygens (including phenoxy) is 5. The number of carbonyl (C=O) groups is 2. The van der Waals surface area contributed by atoms with Crippen molar-refractivity contribution in [1.82, 2.24) is 0 Å². The maximum absolute atomic E-state index is 14.1. The summed E-state index contributed by atoms with van der Waals surface area (Å²) in [7, 11) is -0.511. The highest BCUT2D eigenvalue weighted by atomic mass is 16.7. The lowest BCUT2D eigenvalue weighted by molar-refractivity contribution is -0.199. The highest BCUT2D eigenvalue weighted by molar-refractivity contribution is 6.45. The maximum Gasteiger partial charge on any atom is 0.514 e. The Balaban J connectivity index is 1.37. The Morgan fingerprint density at radius 3 is 2.26 bits per heavy atom. The summed E-state index contributed by atoms with van der Waals surface area (Å²) in [5.41, 5.74) is 0.565. The molecule has 2 unspecified atom stereocenters. The average Bonchev–Trinajstić information content (AvgIpc) is 3.77. The van der Waals surface area contributed by atoms with Gasteiger partial charge in [-0.15, -0.1) is 0 Å². The molecule has 9 nitrogen and oxygen atoms in total. The van der Waals surface area contributed by atoms with Crippen LogP contribution in [0.15, 0.2) is 42.5 Å². The van der Waals surface area contributed by atoms with E-state index < -0.39 is 30.4 Å². The Morgan fingerprint density at radius 2 is 1.62 bits per heavy atom. The van der Waals surface area contributed by atoms with Crippen molar-refractivity contribution in [2.45, 2.75) is 142 Å². The molecule has 10 heteroatoms. The quantitative estimate of drug-likeness (QED) is 0.123. The van der Waals surface area contributed by atoms with Crippen LogP contribution >= 0.6 is 0 Å². The molecule has 0 aromatic heterocycles. The lowest BCUT2D eigenvalue weighted by Crippen LogP contribution is -2.65. The van der Waals surface area contributed by atoms with Crippen LogP contribution in [-0.2, 0) is 41.5 Å². The molecule has 272 valence electrons. The molecule has 0 radical (unpaired) electrons. The third kappa shape index (κ3) is 8.25. The van der Waals surface area contributed by atoms with Crippen LogP contribution in [0.5, 0.6) is 5.75 Å². The molecule has 5 fully saturated rings. The van der Waals surface area contributed by atoms with Crippen molar-refractivity contribution >= 4 is 19.2 Å². The van der Waals surface area contributed by atoms with Gasteiger partial charge in [0.1, 0.15) is 16.8 Å². The van der Waals surface area contributed by atoms with Gasteiger partial charge in [-0.1, -0.05) is 56.3 Å². The second-order valence-corrected chi connectivity index (χ2v) is 17.4. The predicted octanol–water partition coefficient (Wildman–Crippen LogP) is 8.66. The first kappa shape index (κ1) is 36.9. The van der Waals surface area contributed by atoms with Gasteiger partial charge in [-0.3, -0.25) is 0 Å². The van der Waals surface area contributed by atoms with Gasteiger partial charge in [0.25, 0.3) is 0 Å². The SMILES string of the molecule is CC(C)(C)OC(=O)Oc1c(C(COCc2ccccc2)CB2OC3C[C@H]4C[C@H](C4(C)C)[C@]3(C)O2)ccc(COC2CC2)c1C(=O)OC(C)(C)C. The minimum absolute atomic E-state index is 0.00641. The molecule has 0 N–H and O–H groups in total. The Kier molecular flexibility index (Phi) is 10.2. The van der Waals surface area contributed by atoms with Gasteiger partial charge >= 0.3 is 19.2 Å². The first-order valence-electron chi connectivity index (χ1n) is 18.3. The van der Waals surface area contributed by atoms with Gasteiger partial charge < -0.3 is 33.0 Å². The van der Waals surface area contributed by atoms with E-state index in [0.29, 0.717) is 35.9 Å². The van der Waals surface area contributed by atoms with E-state index in [-0.39, 0.29) is 53.7 Å². The number of hydrogen-bond acceptors (Lipinski definition) is 9. The third-order valence-corrected chi connectivity index (χ3v) is 10.8. The van der Waals surface area contributed by atoms with Crippen LogP contribution in [0.2, 0.25) is 6.32 Å². The third-order valence-electron chi connectivity index (χ3n) is 10.8. The fraction of sp³-hybridized carbons (Fsp3) is 0.650. The molecule has 4 saturated carbocycles. The smallest absolute Gasteiger partial charge is 0.456 e. The molecule has 2 aromatic carbocycles. The molecule has 1 heterocycles. The van der Waals surface area contributed by atoms with Crippen molar-refractivity contribution in [1.29, 1.82) is 0 Å². The summed E-state index contributed by atoms with van der Waals surface area (Å²) in [6.45, 7) is 18.4. The van der Waals surface area contributed by atoms with Crippen molar-refractivity contribution in [2.75, 3.05) is 6.61 Å². The molecule has 50 heavy (non-hydrogen) atoms. The fourth-order valence-electron chi connectivity index (χ4n) is 8.00. The van der Waals surface area contributed by atoms with Crippen LogP contribution in [0, 0.1) is 17.3 Å². The maximum atomic E-state index is 14.1. The largest absolute Gasteiger partial charge is 0.514 e. The van der Waals surface area contributed by atoms with Crippen molar-refractivity contribution in [3.8, 4) is 5.75 Å². The van der Waals surface area contributed by atoms with Gasteiger partial charge in [0, 0.05) is 11.5 Å². The van der Waals surface area contributed by atoms with E-state index >= 15 is 0 Å². The summed E-state index contributed by atoms with van der Waals surface area (Å²) in [6.07, 6.45) is 3.73. The van der Waals surface area contributed by atoms with E-state index in [0.717, 1.165) is 31.2 Å². The minimum Gasteiger partial charge on any atom is -0.456 e. The Hall–Kier alpha value is -2.92. The molecular formula is C40H55BO9. The van der Waals surface area contributed by atoms with E-state index in [4.69, 9.17) is 33.0 Å². The summed E-state index contributed by atoms with van der Waals surface area (Å²) in [6, 6.07) is 13.7. The van der Waals surface area contributed by atoms with E-state index in [1.807, 2.05) is 63.2 Å². The summed E-state index contributed by atoms with van der Waals surface area (Å²) in [5, 5.41) is 0. The van der Waals surface area contributed by atoms with Crippen LogP contribution in [0.25, 0.3) is 0 Å². The zero-order valence-electron chi connectivity index (χ0n) is 31.3. The molecule has 2 aromatic rings. The Morgan fingerprint density at radius 1 is 0.920 bits per heavy atom. The predicted molar refractivity (Wildman–Crippen MR) is 190 cm³/mol.